The summed E-state index contributed by atoms with van der Waals surface area (Å²) >= 11 is 2.93. The molecule has 2 saturated heterocycles. The number of benzene rings is 1. The largest absolute Gasteiger partial charge is 0.375 e. The fourth-order valence-corrected chi connectivity index (χ4v) is 6.89. The van der Waals surface area contributed by atoms with Crippen molar-refractivity contribution in [1.82, 2.24) is 25.0 Å². The standard InChI is InChI=1S/C27H26N6O4S2/c1-15-9-21(18(10-28)29-11-15)39-27-24(34-3)22(33-12-19(31-32-33)25-30-16(2)14-38-25)23-20(36-27)13-35-26(37-23)17-7-5-4-6-8-17/h4-9,11-12,14,20,22-24,26-27H,13H2,1-3H3. The van der Waals surface area contributed by atoms with Crippen molar-refractivity contribution in [2.45, 2.75) is 54.8 Å². The molecule has 0 spiro atoms. The van der Waals surface area contributed by atoms with E-state index in [2.05, 4.69) is 26.3 Å². The van der Waals surface area contributed by atoms with Crippen LogP contribution in [-0.4, -0.2) is 62.4 Å². The Bertz CT molecular complexity index is 1490. The van der Waals surface area contributed by atoms with Gasteiger partial charge in [-0.3, -0.25) is 0 Å². The molecule has 1 aromatic carbocycles. The quantitative estimate of drug-likeness (QED) is 0.333. The van der Waals surface area contributed by atoms with E-state index in [1.54, 1.807) is 18.0 Å². The van der Waals surface area contributed by atoms with Crippen molar-refractivity contribution in [3.63, 3.8) is 0 Å². The fourth-order valence-electron chi connectivity index (χ4n) is 4.83. The predicted molar refractivity (Wildman–Crippen MR) is 144 cm³/mol. The molecular formula is C27H26N6O4S2. The number of aryl methyl sites for hydroxylation is 2. The Morgan fingerprint density at radius 1 is 1.21 bits per heavy atom. The van der Waals surface area contributed by atoms with Crippen LogP contribution in [0.15, 0.2) is 59.1 Å². The van der Waals surface area contributed by atoms with Gasteiger partial charge in [-0.1, -0.05) is 47.3 Å². The van der Waals surface area contributed by atoms with Gasteiger partial charge in [-0.05, 0) is 25.5 Å². The molecule has 6 rings (SSSR count). The summed E-state index contributed by atoms with van der Waals surface area (Å²) in [6, 6.07) is 13.5. The lowest BCUT2D eigenvalue weighted by Crippen LogP contribution is -2.59. The van der Waals surface area contributed by atoms with E-state index in [4.69, 9.17) is 18.9 Å². The highest BCUT2D eigenvalue weighted by molar-refractivity contribution is 7.99. The Morgan fingerprint density at radius 2 is 2.05 bits per heavy atom. The van der Waals surface area contributed by atoms with E-state index in [0.717, 1.165) is 26.7 Å². The average Bonchev–Trinajstić information content (AvgIpc) is 3.62. The molecule has 2 fully saturated rings. The number of rotatable bonds is 6. The molecule has 0 aliphatic carbocycles. The zero-order chi connectivity index (χ0) is 26.9. The molecule has 3 aromatic heterocycles. The number of hydrogen-bond donors (Lipinski definition) is 0. The van der Waals surface area contributed by atoms with Crippen molar-refractivity contribution in [2.75, 3.05) is 13.7 Å². The molecule has 12 heteroatoms. The average molecular weight is 563 g/mol. The SMILES string of the molecule is COC1C(Sc2cc(C)cnc2C#N)OC2COC(c3ccccc3)OC2C1n1cc(-c2nc(C)cs2)nn1. The number of nitrogens with zero attached hydrogens (tertiary/aromatic N) is 6. The van der Waals surface area contributed by atoms with Crippen molar-refractivity contribution < 1.29 is 18.9 Å². The molecule has 39 heavy (non-hydrogen) atoms. The Morgan fingerprint density at radius 3 is 2.79 bits per heavy atom. The summed E-state index contributed by atoms with van der Waals surface area (Å²) in [6.07, 6.45) is 1.66. The topological polar surface area (TPSA) is 117 Å². The molecule has 200 valence electrons. The zero-order valence-corrected chi connectivity index (χ0v) is 23.1. The molecule has 5 heterocycles. The summed E-state index contributed by atoms with van der Waals surface area (Å²) in [5.41, 5.74) is 3.32. The van der Waals surface area contributed by atoms with Gasteiger partial charge in [-0.2, -0.15) is 5.26 Å². The van der Waals surface area contributed by atoms with Crippen LogP contribution < -0.4 is 0 Å². The highest BCUT2D eigenvalue weighted by Crippen LogP contribution is 2.45. The Balaban J connectivity index is 1.37. The van der Waals surface area contributed by atoms with Gasteiger partial charge in [0.15, 0.2) is 12.0 Å². The second kappa shape index (κ2) is 11.1. The van der Waals surface area contributed by atoms with Crippen LogP contribution in [0.5, 0.6) is 0 Å². The molecule has 2 aliphatic heterocycles. The summed E-state index contributed by atoms with van der Waals surface area (Å²) in [5.74, 6) is 0. The Kier molecular flexibility index (Phi) is 7.44. The molecule has 6 atom stereocenters. The van der Waals surface area contributed by atoms with Crippen molar-refractivity contribution in [3.8, 4) is 16.8 Å². The molecule has 0 radical (unpaired) electrons. The van der Waals surface area contributed by atoms with E-state index in [-0.39, 0.29) is 0 Å². The van der Waals surface area contributed by atoms with E-state index in [9.17, 15) is 5.26 Å². The first kappa shape index (κ1) is 26.1. The van der Waals surface area contributed by atoms with Crippen LogP contribution in [0.1, 0.15) is 34.8 Å². The maximum Gasteiger partial charge on any atom is 0.184 e. The Labute approximate surface area is 233 Å². The van der Waals surface area contributed by atoms with Gasteiger partial charge in [-0.15, -0.1) is 16.4 Å². The van der Waals surface area contributed by atoms with Crippen LogP contribution in [0.2, 0.25) is 0 Å². The van der Waals surface area contributed by atoms with Gasteiger partial charge in [0.1, 0.15) is 46.6 Å². The summed E-state index contributed by atoms with van der Waals surface area (Å²) < 4.78 is 27.1. The first-order valence-corrected chi connectivity index (χ1v) is 14.2. The summed E-state index contributed by atoms with van der Waals surface area (Å²) in [5, 5.41) is 21.4. The van der Waals surface area contributed by atoms with Gasteiger partial charge in [0.25, 0.3) is 0 Å². The third-order valence-corrected chi connectivity index (χ3v) is 8.81. The Hall–Kier alpha value is -3.18. The predicted octanol–water partition coefficient (Wildman–Crippen LogP) is 4.47. The molecule has 6 unspecified atom stereocenters. The summed E-state index contributed by atoms with van der Waals surface area (Å²) in [4.78, 5) is 9.58. The van der Waals surface area contributed by atoms with E-state index < -0.39 is 36.1 Å². The lowest BCUT2D eigenvalue weighted by molar-refractivity contribution is -0.308. The van der Waals surface area contributed by atoms with Gasteiger partial charge in [0, 0.05) is 34.8 Å². The van der Waals surface area contributed by atoms with Crippen LogP contribution >= 0.6 is 23.1 Å². The number of hydrogen-bond acceptors (Lipinski definition) is 11. The summed E-state index contributed by atoms with van der Waals surface area (Å²) in [7, 11) is 1.64. The first-order chi connectivity index (χ1) is 19.0. The molecule has 2 aliphatic rings. The number of thioether (sulfide) groups is 1. The molecule has 4 aromatic rings. The van der Waals surface area contributed by atoms with Gasteiger partial charge in [-0.25, -0.2) is 14.6 Å². The summed E-state index contributed by atoms with van der Waals surface area (Å²) in [6.45, 7) is 4.21. The van der Waals surface area contributed by atoms with E-state index >= 15 is 0 Å². The molecule has 10 nitrogen and oxygen atoms in total. The minimum Gasteiger partial charge on any atom is -0.375 e. The van der Waals surface area contributed by atoms with Crippen molar-refractivity contribution in [3.05, 3.63) is 76.7 Å². The number of methoxy groups -OCH3 is 1. The highest BCUT2D eigenvalue weighted by atomic mass is 32.2. The highest BCUT2D eigenvalue weighted by Gasteiger charge is 2.52. The molecular weight excluding hydrogens is 536 g/mol. The molecule has 0 saturated carbocycles. The van der Waals surface area contributed by atoms with Gasteiger partial charge in [0.05, 0.1) is 12.8 Å². The number of pyridine rings is 1. The molecule has 0 amide bonds. The number of ether oxygens (including phenoxy) is 4. The normalized spacial score (nSPS) is 26.6. The lowest BCUT2D eigenvalue weighted by Gasteiger charge is -2.48. The first-order valence-electron chi connectivity index (χ1n) is 12.4. The third-order valence-electron chi connectivity index (χ3n) is 6.65. The third kappa shape index (κ3) is 5.21. The number of aromatic nitrogens is 5. The zero-order valence-electron chi connectivity index (χ0n) is 21.5. The van der Waals surface area contributed by atoms with Crippen LogP contribution in [0, 0.1) is 25.2 Å². The smallest absolute Gasteiger partial charge is 0.184 e. The molecule has 0 N–H and O–H groups in total. The molecule has 0 bridgehead atoms. The minimum absolute atomic E-state index is 0.318. The van der Waals surface area contributed by atoms with Crippen LogP contribution in [0.3, 0.4) is 0 Å². The number of nitriles is 1. The second-order valence-electron chi connectivity index (χ2n) is 9.38. The van der Waals surface area contributed by atoms with Crippen LogP contribution in [0.25, 0.3) is 10.7 Å². The van der Waals surface area contributed by atoms with Gasteiger partial charge >= 0.3 is 0 Å². The number of fused-ring (bicyclic) bond motifs is 1. The lowest BCUT2D eigenvalue weighted by atomic mass is 9.96. The van der Waals surface area contributed by atoms with E-state index in [1.165, 1.54) is 23.1 Å². The fraction of sp³-hybridized carbons (Fsp3) is 0.370. The number of thiazole rings is 1. The van der Waals surface area contributed by atoms with Crippen molar-refractivity contribution >= 4 is 23.1 Å². The van der Waals surface area contributed by atoms with Crippen LogP contribution in [-0.2, 0) is 18.9 Å². The maximum absolute atomic E-state index is 9.66. The van der Waals surface area contributed by atoms with Gasteiger partial charge in [0.2, 0.25) is 0 Å². The van der Waals surface area contributed by atoms with E-state index in [1.807, 2.05) is 61.8 Å². The maximum atomic E-state index is 9.66. The van der Waals surface area contributed by atoms with Crippen molar-refractivity contribution in [2.24, 2.45) is 0 Å². The minimum atomic E-state index is -0.559. The van der Waals surface area contributed by atoms with Crippen molar-refractivity contribution in [1.29, 1.82) is 5.26 Å². The second-order valence-corrected chi connectivity index (χ2v) is 11.4. The van der Waals surface area contributed by atoms with Gasteiger partial charge < -0.3 is 18.9 Å². The van der Waals surface area contributed by atoms with Crippen LogP contribution in [0.4, 0.5) is 0 Å². The van der Waals surface area contributed by atoms with E-state index in [0.29, 0.717) is 18.0 Å². The monoisotopic (exact) mass is 562 g/mol.